The topological polar surface area (TPSA) is 75.9 Å². The zero-order chi connectivity index (χ0) is 25.8. The van der Waals surface area contributed by atoms with Crippen LogP contribution in [0.3, 0.4) is 0 Å². The maximum absolute atomic E-state index is 13.5. The molecule has 2 unspecified atom stereocenters. The third kappa shape index (κ3) is 4.99. The third-order valence-electron chi connectivity index (χ3n) is 6.98. The van der Waals surface area contributed by atoms with E-state index in [0.717, 1.165) is 28.3 Å². The molecule has 3 aromatic rings. The van der Waals surface area contributed by atoms with Crippen molar-refractivity contribution in [2.75, 3.05) is 6.67 Å². The Morgan fingerprint density at radius 2 is 1.83 bits per heavy atom. The van der Waals surface area contributed by atoms with Gasteiger partial charge in [0.1, 0.15) is 18.0 Å². The highest BCUT2D eigenvalue weighted by atomic mass is 16.5. The van der Waals surface area contributed by atoms with Crippen molar-refractivity contribution < 1.29 is 10.9 Å². The van der Waals surface area contributed by atoms with E-state index < -0.39 is 5.54 Å². The number of rotatable bonds is 9. The minimum absolute atomic E-state index is 0.0111. The molecule has 0 bridgehead atoms. The Hall–Kier alpha value is -3.48. The second-order valence-electron chi connectivity index (χ2n) is 9.15. The van der Waals surface area contributed by atoms with Crippen LogP contribution in [0.25, 0.3) is 0 Å². The number of benzene rings is 2. The first kappa shape index (κ1) is 23.3. The van der Waals surface area contributed by atoms with Crippen molar-refractivity contribution in [2.45, 2.75) is 57.8 Å². The number of hydrogen-bond donors (Lipinski definition) is 1. The van der Waals surface area contributed by atoms with Gasteiger partial charge in [0.25, 0.3) is 5.91 Å². The first-order valence-electron chi connectivity index (χ1n) is 12.6. The van der Waals surface area contributed by atoms with Crippen molar-refractivity contribution in [2.24, 2.45) is 9.98 Å². The number of hydrogen-bond acceptors (Lipinski definition) is 5. The Labute approximate surface area is 209 Å². The molecule has 2 atom stereocenters. The Morgan fingerprint density at radius 1 is 1.09 bits per heavy atom. The standard InChI is InChI=1S/C28H31BN4O2/c1-5-27(3,17-29)19-9-11-20(12-10-19)28(4,6-2)33-25(34)22-8-7-15-30-26(22)35-21-13-14-23-24(16-21)32-18-31-23/h7-16H,5-6,17-18H2,1-4H3,(H,33,34)/i4D. The van der Waals surface area contributed by atoms with Gasteiger partial charge in [0.2, 0.25) is 5.88 Å². The fraction of sp³-hybridized carbons (Fsp3) is 0.357. The van der Waals surface area contributed by atoms with Crippen LogP contribution in [0.15, 0.2) is 70.8 Å². The molecule has 0 fully saturated rings. The number of ether oxygens (including phenoxy) is 1. The van der Waals surface area contributed by atoms with Gasteiger partial charge in [-0.15, -0.1) is 0 Å². The fourth-order valence-corrected chi connectivity index (χ4v) is 4.08. The van der Waals surface area contributed by atoms with Crippen molar-refractivity contribution in [1.29, 1.82) is 0 Å². The van der Waals surface area contributed by atoms with E-state index in [1.165, 1.54) is 0 Å². The summed E-state index contributed by atoms with van der Waals surface area (Å²) in [5.74, 6) is 0.369. The van der Waals surface area contributed by atoms with E-state index in [4.69, 9.17) is 14.0 Å². The molecule has 4 rings (SSSR count). The number of carbonyl (C=O) groups is 1. The maximum atomic E-state index is 13.5. The molecule has 2 radical (unpaired) electrons. The maximum Gasteiger partial charge on any atom is 0.257 e. The minimum Gasteiger partial charge on any atom is -0.438 e. The number of aromatic nitrogens is 1. The van der Waals surface area contributed by atoms with Crippen molar-refractivity contribution in [3.8, 4) is 11.6 Å². The normalized spacial score (nSPS) is 16.0. The molecule has 1 aliphatic rings. The molecule has 0 spiro atoms. The Morgan fingerprint density at radius 3 is 2.51 bits per heavy atom. The summed E-state index contributed by atoms with van der Waals surface area (Å²) in [4.78, 5) is 26.4. The molecule has 1 aromatic heterocycles. The Balaban J connectivity index is 1.61. The Bertz CT molecular complexity index is 1350. The zero-order valence-corrected chi connectivity index (χ0v) is 20.5. The molecule has 1 N–H and O–H groups in total. The van der Waals surface area contributed by atoms with Gasteiger partial charge in [-0.1, -0.05) is 51.4 Å². The van der Waals surface area contributed by atoms with Crippen LogP contribution in [-0.2, 0) is 11.0 Å². The average Bonchev–Trinajstić information content (AvgIpc) is 3.40. The molecule has 0 saturated carbocycles. The summed E-state index contributed by atoms with van der Waals surface area (Å²) in [5.41, 5.74) is 1.35. The van der Waals surface area contributed by atoms with Crippen LogP contribution in [0.1, 0.15) is 63.4 Å². The number of carbonyl (C=O) groups excluding carboxylic acids is 1. The molecule has 2 aromatic carbocycles. The monoisotopic (exact) mass is 467 g/mol. The van der Waals surface area contributed by atoms with Crippen LogP contribution < -0.4 is 20.8 Å². The summed E-state index contributed by atoms with van der Waals surface area (Å²) in [6.07, 6.45) is 3.61. The SMILES string of the molecule is [2H]CC(CC)(NC(=O)c1cccnc1Oc1ccc2c(c1)=NCN=2)c1ccc(C(C)(C[B])CC)cc1. The first-order valence-corrected chi connectivity index (χ1v) is 11.9. The molecular formula is C28H31BN4O2. The van der Waals surface area contributed by atoms with Gasteiger partial charge in [0.05, 0.1) is 24.1 Å². The lowest BCUT2D eigenvalue weighted by Gasteiger charge is -2.32. The van der Waals surface area contributed by atoms with Crippen LogP contribution >= 0.6 is 0 Å². The molecule has 0 saturated heterocycles. The van der Waals surface area contributed by atoms with E-state index in [0.29, 0.717) is 30.7 Å². The van der Waals surface area contributed by atoms with Gasteiger partial charge in [-0.25, -0.2) is 4.98 Å². The van der Waals surface area contributed by atoms with Gasteiger partial charge in [-0.05, 0) is 60.5 Å². The van der Waals surface area contributed by atoms with E-state index in [-0.39, 0.29) is 24.1 Å². The molecule has 7 heteroatoms. The van der Waals surface area contributed by atoms with Gasteiger partial charge in [0, 0.05) is 13.6 Å². The molecule has 178 valence electrons. The van der Waals surface area contributed by atoms with Crippen LogP contribution in [0, 0.1) is 0 Å². The summed E-state index contributed by atoms with van der Waals surface area (Å²) < 4.78 is 14.3. The molecule has 1 aliphatic heterocycles. The highest BCUT2D eigenvalue weighted by Crippen LogP contribution is 2.33. The third-order valence-corrected chi connectivity index (χ3v) is 6.98. The number of pyridine rings is 1. The largest absolute Gasteiger partial charge is 0.438 e. The molecule has 2 heterocycles. The van der Waals surface area contributed by atoms with Crippen LogP contribution in [0.5, 0.6) is 11.6 Å². The van der Waals surface area contributed by atoms with Gasteiger partial charge >= 0.3 is 0 Å². The van der Waals surface area contributed by atoms with Crippen molar-refractivity contribution >= 4 is 13.8 Å². The van der Waals surface area contributed by atoms with Crippen LogP contribution in [0.4, 0.5) is 0 Å². The van der Waals surface area contributed by atoms with Gasteiger partial charge in [-0.3, -0.25) is 14.8 Å². The summed E-state index contributed by atoms with van der Waals surface area (Å²) in [6.45, 7) is 6.64. The zero-order valence-electron chi connectivity index (χ0n) is 21.5. The summed E-state index contributed by atoms with van der Waals surface area (Å²) in [7, 11) is 6.04. The number of nitrogens with zero attached hydrogens (tertiary/aromatic N) is 3. The second-order valence-corrected chi connectivity index (χ2v) is 9.15. The average molecular weight is 467 g/mol. The highest BCUT2D eigenvalue weighted by molar-refractivity contribution is 6.09. The molecule has 35 heavy (non-hydrogen) atoms. The summed E-state index contributed by atoms with van der Waals surface area (Å²) in [6, 6.07) is 16.9. The molecular weight excluding hydrogens is 435 g/mol. The number of amides is 1. The van der Waals surface area contributed by atoms with Gasteiger partial charge < -0.3 is 10.1 Å². The van der Waals surface area contributed by atoms with E-state index in [2.05, 4.69) is 46.3 Å². The molecule has 1 amide bonds. The first-order chi connectivity index (χ1) is 17.4. The predicted molar refractivity (Wildman–Crippen MR) is 138 cm³/mol. The molecule has 0 aliphatic carbocycles. The number of nitrogens with one attached hydrogen (secondary N) is 1. The van der Waals surface area contributed by atoms with Gasteiger partial charge in [-0.2, -0.15) is 0 Å². The lowest BCUT2D eigenvalue weighted by Crippen LogP contribution is -2.43. The van der Waals surface area contributed by atoms with E-state index in [9.17, 15) is 4.79 Å². The second kappa shape index (κ2) is 10.0. The van der Waals surface area contributed by atoms with Gasteiger partial charge in [0.15, 0.2) is 0 Å². The van der Waals surface area contributed by atoms with E-state index >= 15 is 0 Å². The number of fused-ring (bicyclic) bond motifs is 1. The summed E-state index contributed by atoms with van der Waals surface area (Å²) >= 11 is 0. The Kier molecular flexibility index (Phi) is 6.67. The fourth-order valence-electron chi connectivity index (χ4n) is 4.08. The molecule has 6 nitrogen and oxygen atoms in total. The van der Waals surface area contributed by atoms with Crippen molar-refractivity contribution in [3.63, 3.8) is 0 Å². The van der Waals surface area contributed by atoms with Crippen LogP contribution in [0.2, 0.25) is 6.32 Å². The lowest BCUT2D eigenvalue weighted by molar-refractivity contribution is 0.0899. The van der Waals surface area contributed by atoms with Crippen molar-refractivity contribution in [3.05, 3.63) is 88.2 Å². The smallest absolute Gasteiger partial charge is 0.257 e. The van der Waals surface area contributed by atoms with Crippen molar-refractivity contribution in [1.82, 2.24) is 10.3 Å². The van der Waals surface area contributed by atoms with E-state index in [1.54, 1.807) is 30.5 Å². The van der Waals surface area contributed by atoms with E-state index in [1.807, 2.05) is 25.1 Å². The minimum atomic E-state index is -0.859. The quantitative estimate of drug-likeness (QED) is 0.474. The predicted octanol–water partition coefficient (Wildman–Crippen LogP) is 4.39. The van der Waals surface area contributed by atoms with Crippen LogP contribution in [-0.4, -0.2) is 25.4 Å². The highest BCUT2D eigenvalue weighted by Gasteiger charge is 2.30. The lowest BCUT2D eigenvalue weighted by atomic mass is 9.70. The summed E-state index contributed by atoms with van der Waals surface area (Å²) in [5, 5.41) is 4.69.